The fourth-order valence-corrected chi connectivity index (χ4v) is 4.41. The summed E-state index contributed by atoms with van der Waals surface area (Å²) < 4.78 is 13.4. The standard InChI is InChI=1S/C16H13Br3O2/c17-11-3-1-2-10(6-11)7-13(18)12-8-15-16(9-14(12)19)21-5-4-20-15/h1-3,6,8-9,13H,4-5,7H2. The van der Waals surface area contributed by atoms with E-state index in [-0.39, 0.29) is 4.83 Å². The Morgan fingerprint density at radius 2 is 1.71 bits per heavy atom. The molecule has 2 aromatic carbocycles. The quantitative estimate of drug-likeness (QED) is 0.532. The Hall–Kier alpha value is -0.520. The molecular weight excluding hydrogens is 464 g/mol. The lowest BCUT2D eigenvalue weighted by Crippen LogP contribution is -2.15. The average molecular weight is 477 g/mol. The first-order valence-electron chi connectivity index (χ1n) is 6.61. The maximum absolute atomic E-state index is 5.66. The molecule has 5 heteroatoms. The van der Waals surface area contributed by atoms with Gasteiger partial charge in [0, 0.05) is 13.8 Å². The summed E-state index contributed by atoms with van der Waals surface area (Å²) in [5.41, 5.74) is 2.44. The molecule has 0 aliphatic carbocycles. The maximum Gasteiger partial charge on any atom is 0.162 e. The van der Waals surface area contributed by atoms with Crippen LogP contribution in [0.4, 0.5) is 0 Å². The number of benzene rings is 2. The van der Waals surface area contributed by atoms with Crippen LogP contribution in [0.1, 0.15) is 16.0 Å². The van der Waals surface area contributed by atoms with Crippen LogP contribution in [-0.2, 0) is 6.42 Å². The third-order valence-electron chi connectivity index (χ3n) is 3.30. The molecule has 21 heavy (non-hydrogen) atoms. The number of hydrogen-bond acceptors (Lipinski definition) is 2. The first-order chi connectivity index (χ1) is 10.1. The second kappa shape index (κ2) is 6.71. The predicted octanol–water partition coefficient (Wildman–Crippen LogP) is 5.66. The number of rotatable bonds is 3. The number of fused-ring (bicyclic) bond motifs is 1. The molecule has 1 unspecified atom stereocenters. The minimum absolute atomic E-state index is 0.206. The Morgan fingerprint density at radius 1 is 1.00 bits per heavy atom. The van der Waals surface area contributed by atoms with Crippen LogP contribution in [0.3, 0.4) is 0 Å². The first-order valence-corrected chi connectivity index (χ1v) is 9.11. The summed E-state index contributed by atoms with van der Waals surface area (Å²) in [4.78, 5) is 0.206. The van der Waals surface area contributed by atoms with E-state index in [1.165, 1.54) is 11.1 Å². The van der Waals surface area contributed by atoms with Gasteiger partial charge < -0.3 is 9.47 Å². The monoisotopic (exact) mass is 474 g/mol. The van der Waals surface area contributed by atoms with Gasteiger partial charge in [-0.1, -0.05) is 59.9 Å². The van der Waals surface area contributed by atoms with Crippen molar-refractivity contribution in [1.82, 2.24) is 0 Å². The van der Waals surface area contributed by atoms with E-state index in [2.05, 4.69) is 72.1 Å². The van der Waals surface area contributed by atoms with E-state index >= 15 is 0 Å². The first kappa shape index (κ1) is 15.4. The van der Waals surface area contributed by atoms with Crippen LogP contribution in [0.2, 0.25) is 0 Å². The topological polar surface area (TPSA) is 18.5 Å². The zero-order chi connectivity index (χ0) is 14.8. The molecule has 0 saturated carbocycles. The van der Waals surface area contributed by atoms with Gasteiger partial charge in [0.05, 0.1) is 0 Å². The van der Waals surface area contributed by atoms with Crippen LogP contribution in [0, 0.1) is 0 Å². The smallest absolute Gasteiger partial charge is 0.162 e. The van der Waals surface area contributed by atoms with Crippen molar-refractivity contribution in [1.29, 1.82) is 0 Å². The van der Waals surface area contributed by atoms with Gasteiger partial charge in [-0.25, -0.2) is 0 Å². The normalized spacial score (nSPS) is 14.8. The van der Waals surface area contributed by atoms with Crippen molar-refractivity contribution < 1.29 is 9.47 Å². The molecule has 0 saturated heterocycles. The fraction of sp³-hybridized carbons (Fsp3) is 0.250. The van der Waals surface area contributed by atoms with Crippen molar-refractivity contribution in [2.45, 2.75) is 11.2 Å². The average Bonchev–Trinajstić information content (AvgIpc) is 2.46. The van der Waals surface area contributed by atoms with Crippen LogP contribution in [-0.4, -0.2) is 13.2 Å². The summed E-state index contributed by atoms with van der Waals surface area (Å²) in [5, 5.41) is 0. The Bertz CT molecular complexity index is 658. The Kier molecular flexibility index (Phi) is 4.92. The molecule has 0 spiro atoms. The summed E-state index contributed by atoms with van der Waals surface area (Å²) >= 11 is 10.9. The van der Waals surface area contributed by atoms with Crippen molar-refractivity contribution in [2.24, 2.45) is 0 Å². The van der Waals surface area contributed by atoms with E-state index in [4.69, 9.17) is 9.47 Å². The second-order valence-corrected chi connectivity index (χ2v) is 7.69. The van der Waals surface area contributed by atoms with Crippen LogP contribution in [0.5, 0.6) is 11.5 Å². The number of hydrogen-bond donors (Lipinski definition) is 0. The molecule has 2 nitrogen and oxygen atoms in total. The van der Waals surface area contributed by atoms with Crippen LogP contribution in [0.25, 0.3) is 0 Å². The predicted molar refractivity (Wildman–Crippen MR) is 94.6 cm³/mol. The Balaban J connectivity index is 1.85. The van der Waals surface area contributed by atoms with Gasteiger partial charge in [0.15, 0.2) is 11.5 Å². The van der Waals surface area contributed by atoms with Crippen molar-refractivity contribution in [3.63, 3.8) is 0 Å². The molecule has 110 valence electrons. The van der Waals surface area contributed by atoms with Gasteiger partial charge in [-0.15, -0.1) is 0 Å². The minimum Gasteiger partial charge on any atom is -0.486 e. The van der Waals surface area contributed by atoms with Crippen LogP contribution >= 0.6 is 47.8 Å². The molecule has 1 aliphatic rings. The summed E-state index contributed by atoms with van der Waals surface area (Å²) in [5.74, 6) is 1.62. The second-order valence-electron chi connectivity index (χ2n) is 4.82. The third-order valence-corrected chi connectivity index (χ3v) is 5.30. The SMILES string of the molecule is Brc1cccc(CC(Br)c2cc3c(cc2Br)OCCO3)c1. The van der Waals surface area contributed by atoms with E-state index in [1.54, 1.807) is 0 Å². The molecule has 1 heterocycles. The molecule has 1 atom stereocenters. The van der Waals surface area contributed by atoms with E-state index in [0.717, 1.165) is 26.9 Å². The molecule has 0 aromatic heterocycles. The van der Waals surface area contributed by atoms with Crippen LogP contribution in [0.15, 0.2) is 45.3 Å². The van der Waals surface area contributed by atoms with Crippen molar-refractivity contribution in [2.75, 3.05) is 13.2 Å². The zero-order valence-corrected chi connectivity index (χ0v) is 15.9. The molecule has 0 radical (unpaired) electrons. The maximum atomic E-state index is 5.66. The minimum atomic E-state index is 0.206. The lowest BCUT2D eigenvalue weighted by atomic mass is 10.0. The highest BCUT2D eigenvalue weighted by molar-refractivity contribution is 9.11. The molecule has 2 aromatic rings. The van der Waals surface area contributed by atoms with E-state index in [1.807, 2.05) is 12.1 Å². The van der Waals surface area contributed by atoms with Gasteiger partial charge in [-0.2, -0.15) is 0 Å². The van der Waals surface area contributed by atoms with E-state index in [0.29, 0.717) is 13.2 Å². The van der Waals surface area contributed by atoms with Crippen molar-refractivity contribution in [3.8, 4) is 11.5 Å². The lowest BCUT2D eigenvalue weighted by Gasteiger charge is -2.21. The third kappa shape index (κ3) is 3.63. The van der Waals surface area contributed by atoms with E-state index < -0.39 is 0 Å². The Morgan fingerprint density at radius 3 is 2.43 bits per heavy atom. The van der Waals surface area contributed by atoms with Gasteiger partial charge in [-0.3, -0.25) is 0 Å². The molecular formula is C16H13Br3O2. The Labute approximate surface area is 149 Å². The fourth-order valence-electron chi connectivity index (χ4n) is 2.30. The summed E-state index contributed by atoms with van der Waals surface area (Å²) in [7, 11) is 0. The van der Waals surface area contributed by atoms with Crippen molar-refractivity contribution in [3.05, 3.63) is 56.5 Å². The zero-order valence-electron chi connectivity index (χ0n) is 11.1. The van der Waals surface area contributed by atoms with Gasteiger partial charge in [0.25, 0.3) is 0 Å². The number of ether oxygens (including phenoxy) is 2. The highest BCUT2D eigenvalue weighted by Crippen LogP contribution is 2.41. The lowest BCUT2D eigenvalue weighted by molar-refractivity contribution is 0.171. The number of halogens is 3. The molecule has 0 bridgehead atoms. The van der Waals surface area contributed by atoms with E-state index in [9.17, 15) is 0 Å². The summed E-state index contributed by atoms with van der Waals surface area (Å²) in [6.07, 6.45) is 0.900. The highest BCUT2D eigenvalue weighted by atomic mass is 79.9. The van der Waals surface area contributed by atoms with Gasteiger partial charge >= 0.3 is 0 Å². The summed E-state index contributed by atoms with van der Waals surface area (Å²) in [6.45, 7) is 1.21. The molecule has 1 aliphatic heterocycles. The van der Waals surface area contributed by atoms with Crippen molar-refractivity contribution >= 4 is 47.8 Å². The number of alkyl halides is 1. The molecule has 3 rings (SSSR count). The van der Waals surface area contributed by atoms with Crippen LogP contribution < -0.4 is 9.47 Å². The molecule has 0 N–H and O–H groups in total. The highest BCUT2D eigenvalue weighted by Gasteiger charge is 2.19. The van der Waals surface area contributed by atoms with Gasteiger partial charge in [0.1, 0.15) is 13.2 Å². The molecule has 0 amide bonds. The molecule has 0 fully saturated rings. The summed E-state index contributed by atoms with van der Waals surface area (Å²) in [6, 6.07) is 12.4. The van der Waals surface area contributed by atoms with Gasteiger partial charge in [-0.05, 0) is 41.8 Å². The largest absolute Gasteiger partial charge is 0.486 e. The van der Waals surface area contributed by atoms with Gasteiger partial charge in [0.2, 0.25) is 0 Å².